The van der Waals surface area contributed by atoms with Gasteiger partial charge < -0.3 is 20.1 Å². The van der Waals surface area contributed by atoms with Gasteiger partial charge in [-0.1, -0.05) is 6.92 Å². The van der Waals surface area contributed by atoms with E-state index in [2.05, 4.69) is 12.0 Å². The Kier molecular flexibility index (Phi) is 9.76. The van der Waals surface area contributed by atoms with Gasteiger partial charge in [-0.05, 0) is 37.0 Å². The van der Waals surface area contributed by atoms with Gasteiger partial charge in [-0.25, -0.2) is 0 Å². The number of carbonyl (C=O) groups is 1. The lowest BCUT2D eigenvalue weighted by atomic mass is 9.92. The van der Waals surface area contributed by atoms with Crippen molar-refractivity contribution in [2.75, 3.05) is 20.2 Å². The van der Waals surface area contributed by atoms with Crippen molar-refractivity contribution in [3.63, 3.8) is 0 Å². The molecule has 3 rings (SSSR count). The minimum absolute atomic E-state index is 0. The van der Waals surface area contributed by atoms with Gasteiger partial charge in [0.15, 0.2) is 11.5 Å². The number of likely N-dealkylation sites (tertiary alicyclic amines) is 1. The van der Waals surface area contributed by atoms with Crippen LogP contribution in [-0.2, 0) is 13.7 Å². The molecule has 7 nitrogen and oxygen atoms in total. The normalized spacial score (nSPS) is 18.4. The topological polar surface area (TPSA) is 82.6 Å². The molecule has 2 atom stereocenters. The first-order valence-corrected chi connectivity index (χ1v) is 9.31. The minimum Gasteiger partial charge on any atom is -0.493 e. The van der Waals surface area contributed by atoms with Crippen LogP contribution in [0.3, 0.4) is 0 Å². The molecule has 1 aliphatic heterocycles. The number of piperidine rings is 1. The first-order chi connectivity index (χ1) is 13.0. The highest BCUT2D eigenvalue weighted by atomic mass is 35.5. The molecule has 0 bridgehead atoms. The van der Waals surface area contributed by atoms with Crippen molar-refractivity contribution in [3.8, 4) is 11.5 Å². The van der Waals surface area contributed by atoms with Crippen LogP contribution in [0.15, 0.2) is 30.6 Å². The highest BCUT2D eigenvalue weighted by Gasteiger charge is 2.30. The van der Waals surface area contributed by atoms with E-state index in [0.29, 0.717) is 36.1 Å². The van der Waals surface area contributed by atoms with Crippen LogP contribution in [0.5, 0.6) is 11.5 Å². The van der Waals surface area contributed by atoms with Gasteiger partial charge in [-0.15, -0.1) is 24.8 Å². The van der Waals surface area contributed by atoms with E-state index in [1.165, 1.54) is 0 Å². The highest BCUT2D eigenvalue weighted by molar-refractivity contribution is 5.95. The maximum absolute atomic E-state index is 13.0. The minimum atomic E-state index is -0.00513. The van der Waals surface area contributed by atoms with Gasteiger partial charge >= 0.3 is 0 Å². The third-order valence-corrected chi connectivity index (χ3v) is 5.07. The van der Waals surface area contributed by atoms with Crippen molar-refractivity contribution >= 4 is 30.7 Å². The molecule has 1 fully saturated rings. The Hall–Kier alpha value is -1.96. The van der Waals surface area contributed by atoms with Crippen molar-refractivity contribution < 1.29 is 14.3 Å². The smallest absolute Gasteiger partial charge is 0.254 e. The van der Waals surface area contributed by atoms with Crippen LogP contribution in [0.2, 0.25) is 0 Å². The summed E-state index contributed by atoms with van der Waals surface area (Å²) in [5.74, 6) is 1.73. The molecule has 9 heteroatoms. The molecule has 1 aromatic heterocycles. The fourth-order valence-corrected chi connectivity index (χ4v) is 3.54. The molecular weight excluding hydrogens is 415 g/mol. The number of nitrogens with two attached hydrogens (primary N) is 1. The number of carbonyl (C=O) groups excluding carboxylic acids is 1. The maximum Gasteiger partial charge on any atom is 0.254 e. The number of hydrogen-bond donors (Lipinski definition) is 1. The largest absolute Gasteiger partial charge is 0.493 e. The molecule has 0 aliphatic carbocycles. The van der Waals surface area contributed by atoms with Crippen LogP contribution in [0.25, 0.3) is 0 Å². The van der Waals surface area contributed by atoms with Crippen LogP contribution >= 0.6 is 24.8 Å². The maximum atomic E-state index is 13.0. The Morgan fingerprint density at radius 2 is 2.07 bits per heavy atom. The van der Waals surface area contributed by atoms with Gasteiger partial charge in [-0.3, -0.25) is 9.48 Å². The average molecular weight is 445 g/mol. The number of hydrogen-bond acceptors (Lipinski definition) is 5. The zero-order chi connectivity index (χ0) is 19.4. The van der Waals surface area contributed by atoms with E-state index in [1.807, 2.05) is 18.1 Å². The van der Waals surface area contributed by atoms with Gasteiger partial charge in [0.25, 0.3) is 5.91 Å². The summed E-state index contributed by atoms with van der Waals surface area (Å²) in [6.07, 6.45) is 5.61. The zero-order valence-corrected chi connectivity index (χ0v) is 18.7. The number of rotatable bonds is 6. The molecule has 0 saturated carbocycles. The van der Waals surface area contributed by atoms with E-state index in [1.54, 1.807) is 36.2 Å². The Bertz CT molecular complexity index is 800. The molecule has 0 radical (unpaired) electrons. The summed E-state index contributed by atoms with van der Waals surface area (Å²) in [7, 11) is 3.44. The van der Waals surface area contributed by atoms with E-state index in [-0.39, 0.29) is 36.8 Å². The Labute approximate surface area is 184 Å². The molecule has 2 aromatic rings. The molecule has 1 aliphatic rings. The predicted octanol–water partition coefficient (Wildman–Crippen LogP) is 3.05. The third-order valence-electron chi connectivity index (χ3n) is 5.07. The van der Waals surface area contributed by atoms with E-state index < -0.39 is 0 Å². The predicted molar refractivity (Wildman–Crippen MR) is 117 cm³/mol. The molecule has 2 unspecified atom stereocenters. The number of aryl methyl sites for hydroxylation is 1. The summed E-state index contributed by atoms with van der Waals surface area (Å²) in [6, 6.07) is 5.40. The third kappa shape index (κ3) is 6.01. The number of nitrogens with zero attached hydrogens (tertiary/aromatic N) is 3. The first-order valence-electron chi connectivity index (χ1n) is 9.31. The van der Waals surface area contributed by atoms with Crippen LogP contribution in [0.1, 0.15) is 35.7 Å². The van der Waals surface area contributed by atoms with Gasteiger partial charge in [0.1, 0.15) is 6.61 Å². The summed E-state index contributed by atoms with van der Waals surface area (Å²) in [5, 5.41) is 4.13. The second kappa shape index (κ2) is 11.3. The summed E-state index contributed by atoms with van der Waals surface area (Å²) in [6.45, 7) is 3.82. The summed E-state index contributed by atoms with van der Waals surface area (Å²) in [5.41, 5.74) is 7.46. The monoisotopic (exact) mass is 444 g/mol. The molecule has 0 spiro atoms. The molecular formula is C20H30Cl2N4O3. The van der Waals surface area contributed by atoms with Crippen LogP contribution in [-0.4, -0.2) is 46.8 Å². The van der Waals surface area contributed by atoms with Gasteiger partial charge in [0.2, 0.25) is 0 Å². The second-order valence-corrected chi connectivity index (χ2v) is 7.19. The van der Waals surface area contributed by atoms with Gasteiger partial charge in [-0.2, -0.15) is 5.10 Å². The number of benzene rings is 1. The van der Waals surface area contributed by atoms with Crippen molar-refractivity contribution in [3.05, 3.63) is 41.7 Å². The SMILES string of the molecule is COc1cc(C(=O)N2CCC(C)CC2CN)ccc1OCc1cnn(C)c1.Cl.Cl. The van der Waals surface area contributed by atoms with E-state index in [4.69, 9.17) is 15.2 Å². The zero-order valence-electron chi connectivity index (χ0n) is 17.0. The van der Waals surface area contributed by atoms with Crippen LogP contribution in [0, 0.1) is 5.92 Å². The summed E-state index contributed by atoms with van der Waals surface area (Å²) in [4.78, 5) is 14.9. The molecule has 1 saturated heterocycles. The van der Waals surface area contributed by atoms with E-state index in [9.17, 15) is 4.79 Å². The second-order valence-electron chi connectivity index (χ2n) is 7.19. The van der Waals surface area contributed by atoms with Crippen molar-refractivity contribution in [1.29, 1.82) is 0 Å². The highest BCUT2D eigenvalue weighted by Crippen LogP contribution is 2.31. The fraction of sp³-hybridized carbons (Fsp3) is 0.500. The number of aromatic nitrogens is 2. The number of halogens is 2. The lowest BCUT2D eigenvalue weighted by Crippen LogP contribution is -2.49. The standard InChI is InChI=1S/C20H28N4O3.2ClH/c1-14-6-7-24(17(8-14)10-21)20(25)16-4-5-18(19(9-16)26-3)27-13-15-11-22-23(2)12-15;;/h4-5,9,11-12,14,17H,6-8,10,13,21H2,1-3H3;2*1H. The molecule has 1 aromatic carbocycles. The van der Waals surface area contributed by atoms with Crippen molar-refractivity contribution in [2.45, 2.75) is 32.4 Å². The number of amides is 1. The van der Waals surface area contributed by atoms with Crippen molar-refractivity contribution in [2.24, 2.45) is 18.7 Å². The molecule has 162 valence electrons. The van der Waals surface area contributed by atoms with Crippen molar-refractivity contribution in [1.82, 2.24) is 14.7 Å². The van der Waals surface area contributed by atoms with Crippen LogP contribution < -0.4 is 15.2 Å². The lowest BCUT2D eigenvalue weighted by molar-refractivity contribution is 0.0573. The number of methoxy groups -OCH3 is 1. The van der Waals surface area contributed by atoms with Gasteiger partial charge in [0.05, 0.1) is 13.3 Å². The van der Waals surface area contributed by atoms with E-state index in [0.717, 1.165) is 24.9 Å². The number of ether oxygens (including phenoxy) is 2. The Balaban J connectivity index is 0.00000210. The molecule has 2 heterocycles. The Morgan fingerprint density at radius 3 is 2.69 bits per heavy atom. The molecule has 1 amide bonds. The van der Waals surface area contributed by atoms with Crippen LogP contribution in [0.4, 0.5) is 0 Å². The molecule has 2 N–H and O–H groups in total. The fourth-order valence-electron chi connectivity index (χ4n) is 3.54. The van der Waals surface area contributed by atoms with Gasteiger partial charge in [0, 0.05) is 43.5 Å². The van der Waals surface area contributed by atoms with E-state index >= 15 is 0 Å². The lowest BCUT2D eigenvalue weighted by Gasteiger charge is -2.38. The quantitative estimate of drug-likeness (QED) is 0.739. The molecule has 29 heavy (non-hydrogen) atoms. The summed E-state index contributed by atoms with van der Waals surface area (Å²) < 4.78 is 13.0. The summed E-state index contributed by atoms with van der Waals surface area (Å²) >= 11 is 0. The Morgan fingerprint density at radius 1 is 1.31 bits per heavy atom. The first kappa shape index (κ1) is 25.1. The average Bonchev–Trinajstić information content (AvgIpc) is 3.10.